The second-order valence-corrected chi connectivity index (χ2v) is 5.96. The summed E-state index contributed by atoms with van der Waals surface area (Å²) in [5, 5.41) is 4.86. The maximum atomic E-state index is 12.0. The molecule has 0 aliphatic rings. The summed E-state index contributed by atoms with van der Waals surface area (Å²) in [5.74, 6) is -0.934. The Hall–Kier alpha value is -3.40. The number of benzene rings is 3. The molecule has 26 heavy (non-hydrogen) atoms. The predicted octanol–water partition coefficient (Wildman–Crippen LogP) is 4.34. The predicted molar refractivity (Wildman–Crippen MR) is 104 cm³/mol. The number of rotatable bonds is 5. The Labute approximate surface area is 152 Å². The monoisotopic (exact) mass is 345 g/mol. The first-order chi connectivity index (χ1) is 12.6. The lowest BCUT2D eigenvalue weighted by Gasteiger charge is -2.06. The van der Waals surface area contributed by atoms with E-state index in [0.717, 1.165) is 21.9 Å². The molecule has 0 heterocycles. The molecule has 0 unspecified atom stereocenters. The zero-order valence-corrected chi connectivity index (χ0v) is 14.4. The van der Waals surface area contributed by atoms with E-state index in [4.69, 9.17) is 4.74 Å². The molecule has 1 N–H and O–H groups in total. The van der Waals surface area contributed by atoms with E-state index in [1.54, 1.807) is 6.08 Å². The molecule has 4 nitrogen and oxygen atoms in total. The first-order valence-electron chi connectivity index (χ1n) is 8.30. The maximum Gasteiger partial charge on any atom is 0.331 e. The Morgan fingerprint density at radius 2 is 1.69 bits per heavy atom. The number of carbonyl (C=O) groups excluding carboxylic acids is 2. The smallest absolute Gasteiger partial charge is 0.331 e. The number of fused-ring (bicyclic) bond motifs is 1. The highest BCUT2D eigenvalue weighted by atomic mass is 16.5. The summed E-state index contributed by atoms with van der Waals surface area (Å²) in [4.78, 5) is 23.7. The molecule has 3 aromatic carbocycles. The van der Waals surface area contributed by atoms with Gasteiger partial charge in [-0.1, -0.05) is 60.2 Å². The van der Waals surface area contributed by atoms with Crippen LogP contribution in [0.2, 0.25) is 0 Å². The quantitative estimate of drug-likeness (QED) is 0.553. The molecular weight excluding hydrogens is 326 g/mol. The van der Waals surface area contributed by atoms with Crippen molar-refractivity contribution in [1.29, 1.82) is 0 Å². The van der Waals surface area contributed by atoms with Crippen LogP contribution in [0.1, 0.15) is 11.1 Å². The van der Waals surface area contributed by atoms with Gasteiger partial charge in [0.2, 0.25) is 0 Å². The van der Waals surface area contributed by atoms with Gasteiger partial charge in [0.05, 0.1) is 0 Å². The lowest BCUT2D eigenvalue weighted by Crippen LogP contribution is -2.20. The van der Waals surface area contributed by atoms with Crippen molar-refractivity contribution in [3.8, 4) is 0 Å². The van der Waals surface area contributed by atoms with Gasteiger partial charge in [-0.25, -0.2) is 4.79 Å². The lowest BCUT2D eigenvalue weighted by molar-refractivity contribution is -0.142. The number of amides is 1. The number of nitrogens with one attached hydrogen (secondary N) is 1. The van der Waals surface area contributed by atoms with E-state index in [0.29, 0.717) is 5.69 Å². The van der Waals surface area contributed by atoms with Crippen LogP contribution in [0.25, 0.3) is 16.8 Å². The van der Waals surface area contributed by atoms with Gasteiger partial charge in [0.25, 0.3) is 5.91 Å². The van der Waals surface area contributed by atoms with E-state index in [9.17, 15) is 9.59 Å². The lowest BCUT2D eigenvalue weighted by atomic mass is 10.1. The van der Waals surface area contributed by atoms with Crippen molar-refractivity contribution >= 4 is 34.4 Å². The largest absolute Gasteiger partial charge is 0.452 e. The van der Waals surface area contributed by atoms with Crippen molar-refractivity contribution in [3.05, 3.63) is 83.9 Å². The summed E-state index contributed by atoms with van der Waals surface area (Å²) in [5.41, 5.74) is 2.71. The topological polar surface area (TPSA) is 55.4 Å². The first-order valence-corrected chi connectivity index (χ1v) is 8.30. The van der Waals surface area contributed by atoms with Gasteiger partial charge in [0, 0.05) is 11.8 Å². The van der Waals surface area contributed by atoms with Crippen molar-refractivity contribution < 1.29 is 14.3 Å². The van der Waals surface area contributed by atoms with Crippen LogP contribution in [0.5, 0.6) is 0 Å². The second-order valence-electron chi connectivity index (χ2n) is 5.96. The fraction of sp³-hybridized carbons (Fsp3) is 0.0909. The molecule has 0 saturated carbocycles. The Bertz CT molecular complexity index is 959. The molecule has 3 aromatic rings. The van der Waals surface area contributed by atoms with Gasteiger partial charge in [0.15, 0.2) is 6.61 Å². The SMILES string of the molecule is Cc1ccc(/C=C/C(=O)OCC(=O)Nc2ccc3ccccc3c2)cc1. The fourth-order valence-electron chi connectivity index (χ4n) is 2.49. The number of hydrogen-bond donors (Lipinski definition) is 1. The summed E-state index contributed by atoms with van der Waals surface area (Å²) in [6, 6.07) is 21.2. The minimum absolute atomic E-state index is 0.329. The molecule has 3 rings (SSSR count). The van der Waals surface area contributed by atoms with Crippen LogP contribution in [0.4, 0.5) is 5.69 Å². The fourth-order valence-corrected chi connectivity index (χ4v) is 2.49. The molecule has 130 valence electrons. The number of anilines is 1. The first kappa shape index (κ1) is 17.4. The third-order valence-electron chi connectivity index (χ3n) is 3.87. The Balaban J connectivity index is 1.51. The van der Waals surface area contributed by atoms with Crippen LogP contribution >= 0.6 is 0 Å². The van der Waals surface area contributed by atoms with Gasteiger partial charge in [-0.2, -0.15) is 0 Å². The summed E-state index contributed by atoms with van der Waals surface area (Å²) < 4.78 is 4.97. The summed E-state index contributed by atoms with van der Waals surface area (Å²) in [6.45, 7) is 1.67. The number of esters is 1. The highest BCUT2D eigenvalue weighted by Gasteiger charge is 2.06. The third-order valence-corrected chi connectivity index (χ3v) is 3.87. The molecule has 0 aromatic heterocycles. The zero-order chi connectivity index (χ0) is 18.4. The molecule has 0 radical (unpaired) electrons. The van der Waals surface area contributed by atoms with Gasteiger partial charge in [-0.3, -0.25) is 4.79 Å². The van der Waals surface area contributed by atoms with Crippen molar-refractivity contribution in [1.82, 2.24) is 0 Å². The van der Waals surface area contributed by atoms with Crippen LogP contribution in [0.3, 0.4) is 0 Å². The Morgan fingerprint density at radius 3 is 2.46 bits per heavy atom. The number of carbonyl (C=O) groups is 2. The van der Waals surface area contributed by atoms with E-state index in [1.807, 2.05) is 73.7 Å². The molecule has 0 bridgehead atoms. The molecule has 0 atom stereocenters. The van der Waals surface area contributed by atoms with Crippen LogP contribution < -0.4 is 5.32 Å². The highest BCUT2D eigenvalue weighted by molar-refractivity contribution is 5.96. The standard InChI is InChI=1S/C22H19NO3/c1-16-6-8-17(9-7-16)10-13-22(25)26-15-21(24)23-20-12-11-18-4-2-3-5-19(18)14-20/h2-14H,15H2,1H3,(H,23,24)/b13-10+. The summed E-state index contributed by atoms with van der Waals surface area (Å²) in [7, 11) is 0. The van der Waals surface area contributed by atoms with Crippen LogP contribution in [0, 0.1) is 6.92 Å². The average molecular weight is 345 g/mol. The van der Waals surface area contributed by atoms with Crippen LogP contribution in [-0.2, 0) is 14.3 Å². The van der Waals surface area contributed by atoms with Gasteiger partial charge in [-0.05, 0) is 41.5 Å². The third kappa shape index (κ3) is 4.80. The molecule has 0 spiro atoms. The number of hydrogen-bond acceptors (Lipinski definition) is 3. The molecule has 4 heteroatoms. The van der Waals surface area contributed by atoms with Gasteiger partial charge in [0.1, 0.15) is 0 Å². The molecule has 1 amide bonds. The zero-order valence-electron chi connectivity index (χ0n) is 14.4. The number of ether oxygens (including phenoxy) is 1. The van der Waals surface area contributed by atoms with E-state index in [2.05, 4.69) is 5.32 Å². The normalized spacial score (nSPS) is 10.8. The Morgan fingerprint density at radius 1 is 0.962 bits per heavy atom. The van der Waals surface area contributed by atoms with E-state index < -0.39 is 5.97 Å². The molecule has 0 saturated heterocycles. The summed E-state index contributed by atoms with van der Waals surface area (Å²) >= 11 is 0. The van der Waals surface area contributed by atoms with Gasteiger partial charge in [-0.15, -0.1) is 0 Å². The van der Waals surface area contributed by atoms with Crippen molar-refractivity contribution in [3.63, 3.8) is 0 Å². The molecule has 0 fully saturated rings. The second kappa shape index (κ2) is 8.12. The van der Waals surface area contributed by atoms with E-state index in [-0.39, 0.29) is 12.5 Å². The van der Waals surface area contributed by atoms with Gasteiger partial charge >= 0.3 is 5.97 Å². The van der Waals surface area contributed by atoms with Gasteiger partial charge < -0.3 is 10.1 Å². The Kier molecular flexibility index (Phi) is 5.44. The minimum atomic E-state index is -0.556. The molecular formula is C22H19NO3. The summed E-state index contributed by atoms with van der Waals surface area (Å²) in [6.07, 6.45) is 2.97. The van der Waals surface area contributed by atoms with E-state index in [1.165, 1.54) is 6.08 Å². The van der Waals surface area contributed by atoms with Crippen LogP contribution in [-0.4, -0.2) is 18.5 Å². The van der Waals surface area contributed by atoms with E-state index >= 15 is 0 Å². The van der Waals surface area contributed by atoms with Crippen molar-refractivity contribution in [2.75, 3.05) is 11.9 Å². The highest BCUT2D eigenvalue weighted by Crippen LogP contribution is 2.18. The number of aryl methyl sites for hydroxylation is 1. The van der Waals surface area contributed by atoms with Crippen LogP contribution in [0.15, 0.2) is 72.8 Å². The molecule has 0 aliphatic carbocycles. The minimum Gasteiger partial charge on any atom is -0.452 e. The average Bonchev–Trinajstić information content (AvgIpc) is 2.66. The molecule has 0 aliphatic heterocycles. The maximum absolute atomic E-state index is 12.0. The van der Waals surface area contributed by atoms with Crippen molar-refractivity contribution in [2.45, 2.75) is 6.92 Å². The van der Waals surface area contributed by atoms with Crippen molar-refractivity contribution in [2.24, 2.45) is 0 Å².